The van der Waals surface area contributed by atoms with Gasteiger partial charge in [-0.05, 0) is 56.1 Å². The van der Waals surface area contributed by atoms with Gasteiger partial charge in [-0.2, -0.15) is 23.5 Å². The first-order valence-corrected chi connectivity index (χ1v) is 13.5. The molecule has 1 saturated heterocycles. The minimum atomic E-state index is -1.13. The summed E-state index contributed by atoms with van der Waals surface area (Å²) in [7, 11) is 0. The lowest BCUT2D eigenvalue weighted by Gasteiger charge is -2.30. The van der Waals surface area contributed by atoms with Crippen molar-refractivity contribution < 1.29 is 34.2 Å². The molecule has 1 aliphatic heterocycles. The van der Waals surface area contributed by atoms with Crippen LogP contribution in [0.15, 0.2) is 0 Å². The average Bonchev–Trinajstić information content (AvgIpc) is 3.26. The Bertz CT molecular complexity index is 710. The van der Waals surface area contributed by atoms with Gasteiger partial charge in [0.2, 0.25) is 17.7 Å². The summed E-state index contributed by atoms with van der Waals surface area (Å²) >= 11 is 2.96. The molecule has 1 rings (SSSR count). The largest absolute Gasteiger partial charge is 0.481 e. The molecule has 0 saturated carbocycles. The van der Waals surface area contributed by atoms with Crippen molar-refractivity contribution in [2.24, 2.45) is 5.73 Å². The second-order valence-electron chi connectivity index (χ2n) is 7.75. The van der Waals surface area contributed by atoms with Gasteiger partial charge in [-0.1, -0.05) is 0 Å². The third kappa shape index (κ3) is 9.80. The first kappa shape index (κ1) is 29.0. The molecule has 0 radical (unpaired) electrons. The van der Waals surface area contributed by atoms with Gasteiger partial charge in [-0.3, -0.25) is 19.2 Å². The van der Waals surface area contributed by atoms with E-state index < -0.39 is 53.8 Å². The van der Waals surface area contributed by atoms with Crippen LogP contribution in [0.1, 0.15) is 38.5 Å². The molecule has 1 heterocycles. The van der Waals surface area contributed by atoms with Crippen molar-refractivity contribution in [1.29, 1.82) is 0 Å². The van der Waals surface area contributed by atoms with Crippen molar-refractivity contribution in [1.82, 2.24) is 15.5 Å². The Morgan fingerprint density at radius 1 is 1.00 bits per heavy atom. The second-order valence-corrected chi connectivity index (χ2v) is 9.72. The Morgan fingerprint density at radius 3 is 2.15 bits per heavy atom. The minimum Gasteiger partial charge on any atom is -0.481 e. The van der Waals surface area contributed by atoms with Crippen LogP contribution in [-0.2, 0) is 24.0 Å². The standard InChI is InChI=1S/C20H34N4O7S2/c1-32-10-7-13(22-17(27)12(21)5-6-16(25)26)19(29)24-9-3-4-15(24)18(28)23-14(20(30)31)8-11-33-2/h12-15H,3-11,21H2,1-2H3,(H,22,27)(H,23,28)(H,25,26)(H,30,31). The Labute approximate surface area is 202 Å². The minimum absolute atomic E-state index is 0.0635. The fraction of sp³-hybridized carbons (Fsp3) is 0.750. The molecule has 0 aromatic carbocycles. The highest BCUT2D eigenvalue weighted by Crippen LogP contribution is 2.20. The number of carboxylic acid groups (broad SMARTS) is 2. The van der Waals surface area contributed by atoms with E-state index in [1.807, 2.05) is 12.5 Å². The Morgan fingerprint density at radius 2 is 1.61 bits per heavy atom. The summed E-state index contributed by atoms with van der Waals surface area (Å²) in [6.07, 6.45) is 4.92. The molecule has 0 spiro atoms. The quantitative estimate of drug-likeness (QED) is 0.198. The molecule has 33 heavy (non-hydrogen) atoms. The van der Waals surface area contributed by atoms with Gasteiger partial charge in [0, 0.05) is 13.0 Å². The first-order valence-electron chi connectivity index (χ1n) is 10.7. The third-order valence-corrected chi connectivity index (χ3v) is 6.58. The molecule has 0 aliphatic carbocycles. The maximum atomic E-state index is 13.2. The van der Waals surface area contributed by atoms with Crippen LogP contribution in [0.25, 0.3) is 0 Å². The fourth-order valence-corrected chi connectivity index (χ4v) is 4.39. The lowest BCUT2D eigenvalue weighted by Crippen LogP contribution is -2.57. The van der Waals surface area contributed by atoms with Crippen LogP contribution in [0, 0.1) is 0 Å². The molecule has 4 unspecified atom stereocenters. The molecule has 1 fully saturated rings. The van der Waals surface area contributed by atoms with Crippen molar-refractivity contribution in [3.8, 4) is 0 Å². The maximum Gasteiger partial charge on any atom is 0.326 e. The number of nitrogens with two attached hydrogens (primary N) is 1. The van der Waals surface area contributed by atoms with Crippen molar-refractivity contribution in [2.75, 3.05) is 30.6 Å². The van der Waals surface area contributed by atoms with E-state index in [2.05, 4.69) is 10.6 Å². The lowest BCUT2D eigenvalue weighted by atomic mass is 10.1. The highest BCUT2D eigenvalue weighted by Gasteiger charge is 2.39. The maximum absolute atomic E-state index is 13.2. The number of nitrogens with one attached hydrogen (secondary N) is 2. The fourth-order valence-electron chi connectivity index (χ4n) is 3.45. The SMILES string of the molecule is CSCCC(NC(=O)C1CCCN1C(=O)C(CCSC)NC(=O)C(N)CCC(=O)O)C(=O)O. The predicted molar refractivity (Wildman–Crippen MR) is 127 cm³/mol. The van der Waals surface area contributed by atoms with E-state index in [4.69, 9.17) is 10.8 Å². The van der Waals surface area contributed by atoms with Gasteiger partial charge < -0.3 is 31.5 Å². The molecule has 0 aromatic rings. The van der Waals surface area contributed by atoms with Crippen LogP contribution in [0.3, 0.4) is 0 Å². The molecule has 188 valence electrons. The van der Waals surface area contributed by atoms with Gasteiger partial charge in [0.05, 0.1) is 6.04 Å². The van der Waals surface area contributed by atoms with Gasteiger partial charge in [0.15, 0.2) is 0 Å². The molecular weight excluding hydrogens is 472 g/mol. The molecule has 11 nitrogen and oxygen atoms in total. The number of aliphatic carboxylic acids is 2. The number of rotatable bonds is 15. The average molecular weight is 507 g/mol. The zero-order valence-electron chi connectivity index (χ0n) is 19.0. The first-order chi connectivity index (χ1) is 15.6. The van der Waals surface area contributed by atoms with Crippen molar-refractivity contribution in [3.63, 3.8) is 0 Å². The van der Waals surface area contributed by atoms with E-state index in [1.54, 1.807) is 0 Å². The number of likely N-dealkylation sites (tertiary alicyclic amines) is 1. The smallest absolute Gasteiger partial charge is 0.326 e. The van der Waals surface area contributed by atoms with Gasteiger partial charge in [-0.25, -0.2) is 4.79 Å². The van der Waals surface area contributed by atoms with Crippen LogP contribution in [0.5, 0.6) is 0 Å². The van der Waals surface area contributed by atoms with E-state index in [-0.39, 0.29) is 19.3 Å². The summed E-state index contributed by atoms with van der Waals surface area (Å²) < 4.78 is 0. The number of thioether (sulfide) groups is 2. The number of carboxylic acids is 2. The molecule has 13 heteroatoms. The number of amides is 3. The van der Waals surface area contributed by atoms with E-state index in [9.17, 15) is 29.1 Å². The van der Waals surface area contributed by atoms with Gasteiger partial charge in [0.1, 0.15) is 18.1 Å². The number of hydrogen-bond acceptors (Lipinski definition) is 8. The Balaban J connectivity index is 2.88. The lowest BCUT2D eigenvalue weighted by molar-refractivity contribution is -0.145. The number of nitrogens with zero attached hydrogens (tertiary/aromatic N) is 1. The number of hydrogen-bond donors (Lipinski definition) is 5. The zero-order valence-corrected chi connectivity index (χ0v) is 20.6. The molecule has 3 amide bonds. The Hall–Kier alpha value is -1.99. The van der Waals surface area contributed by atoms with Crippen LogP contribution < -0.4 is 16.4 Å². The van der Waals surface area contributed by atoms with Crippen molar-refractivity contribution in [2.45, 2.75) is 62.7 Å². The van der Waals surface area contributed by atoms with E-state index in [0.717, 1.165) is 0 Å². The van der Waals surface area contributed by atoms with Gasteiger partial charge in [-0.15, -0.1) is 0 Å². The summed E-state index contributed by atoms with van der Waals surface area (Å²) in [5, 5.41) is 23.3. The summed E-state index contributed by atoms with van der Waals surface area (Å²) in [6.45, 7) is 0.316. The normalized spacial score (nSPS) is 18.3. The molecule has 4 atom stereocenters. The van der Waals surface area contributed by atoms with Crippen LogP contribution in [0.2, 0.25) is 0 Å². The van der Waals surface area contributed by atoms with Crippen LogP contribution in [0.4, 0.5) is 0 Å². The second kappa shape index (κ2) is 15.0. The highest BCUT2D eigenvalue weighted by atomic mass is 32.2. The van der Waals surface area contributed by atoms with Crippen molar-refractivity contribution >= 4 is 53.2 Å². The number of carbonyl (C=O) groups excluding carboxylic acids is 3. The highest BCUT2D eigenvalue weighted by molar-refractivity contribution is 7.98. The predicted octanol–water partition coefficient (Wildman–Crippen LogP) is -0.270. The van der Waals surface area contributed by atoms with E-state index in [0.29, 0.717) is 37.3 Å². The molecule has 0 bridgehead atoms. The number of carbonyl (C=O) groups is 5. The summed E-state index contributed by atoms with van der Waals surface area (Å²) in [5.41, 5.74) is 5.77. The van der Waals surface area contributed by atoms with Crippen molar-refractivity contribution in [3.05, 3.63) is 0 Å². The Kier molecular flexibility index (Phi) is 13.2. The van der Waals surface area contributed by atoms with Gasteiger partial charge in [0.25, 0.3) is 0 Å². The van der Waals surface area contributed by atoms with E-state index >= 15 is 0 Å². The summed E-state index contributed by atoms with van der Waals surface area (Å²) in [5.74, 6) is -2.65. The topological polar surface area (TPSA) is 179 Å². The third-order valence-electron chi connectivity index (χ3n) is 5.29. The molecule has 0 aromatic heterocycles. The summed E-state index contributed by atoms with van der Waals surface area (Å²) in [6, 6.07) is -3.85. The van der Waals surface area contributed by atoms with Gasteiger partial charge >= 0.3 is 11.9 Å². The molecule has 6 N–H and O–H groups in total. The van der Waals surface area contributed by atoms with E-state index in [1.165, 1.54) is 28.4 Å². The van der Waals surface area contributed by atoms with Crippen LogP contribution in [-0.4, -0.2) is 99.5 Å². The molecular formula is C20H34N4O7S2. The van der Waals surface area contributed by atoms with Crippen LogP contribution >= 0.6 is 23.5 Å². The summed E-state index contributed by atoms with van der Waals surface area (Å²) in [4.78, 5) is 62.1. The zero-order chi connectivity index (χ0) is 25.0. The monoisotopic (exact) mass is 506 g/mol. The molecule has 1 aliphatic rings.